The molecule has 0 unspecified atom stereocenters. The molecule has 9 nitrogen and oxygen atoms in total. The zero-order chi connectivity index (χ0) is 26.2. The Bertz CT molecular complexity index is 1440. The van der Waals surface area contributed by atoms with E-state index in [9.17, 15) is 32.5 Å². The highest BCUT2D eigenvalue weighted by molar-refractivity contribution is 6.33. The van der Waals surface area contributed by atoms with Gasteiger partial charge in [0, 0.05) is 12.1 Å². The van der Waals surface area contributed by atoms with Crippen LogP contribution in [0.3, 0.4) is 0 Å². The molecule has 4 rings (SSSR count). The monoisotopic (exact) mass is 524 g/mol. The summed E-state index contributed by atoms with van der Waals surface area (Å²) in [6.45, 7) is 1.32. The number of aromatic nitrogens is 3. The number of ether oxygens (including phenoxy) is 1. The average Bonchev–Trinajstić information content (AvgIpc) is 3.44. The van der Waals surface area contributed by atoms with E-state index in [1.165, 1.54) is 19.1 Å². The summed E-state index contributed by atoms with van der Waals surface area (Å²) in [6, 6.07) is 7.78. The maximum absolute atomic E-state index is 14.6. The van der Waals surface area contributed by atoms with Gasteiger partial charge in [0.15, 0.2) is 11.5 Å². The van der Waals surface area contributed by atoms with Crippen LogP contribution in [0.15, 0.2) is 53.2 Å². The first-order valence-electron chi connectivity index (χ1n) is 10.1. The number of halogens is 5. The van der Waals surface area contributed by atoms with Gasteiger partial charge in [-0.1, -0.05) is 22.8 Å². The van der Waals surface area contributed by atoms with Gasteiger partial charge in [-0.05, 0) is 31.2 Å². The van der Waals surface area contributed by atoms with Crippen molar-refractivity contribution < 1.29 is 36.5 Å². The molecule has 14 heteroatoms. The van der Waals surface area contributed by atoms with Crippen LogP contribution in [0.1, 0.15) is 23.0 Å². The number of benzene rings is 2. The number of nitro benzene ring substituents is 1. The van der Waals surface area contributed by atoms with Crippen LogP contribution in [-0.2, 0) is 10.9 Å². The average molecular weight is 525 g/mol. The van der Waals surface area contributed by atoms with E-state index >= 15 is 0 Å². The molecule has 36 heavy (non-hydrogen) atoms. The van der Waals surface area contributed by atoms with Gasteiger partial charge in [-0.15, -0.1) is 0 Å². The van der Waals surface area contributed by atoms with Crippen molar-refractivity contribution in [3.8, 4) is 28.3 Å². The largest absolute Gasteiger partial charge is 0.462 e. The molecule has 2 aromatic heterocycles. The highest BCUT2D eigenvalue weighted by Gasteiger charge is 2.42. The third kappa shape index (κ3) is 4.40. The fraction of sp³-hybridized carbons (Fsp3) is 0.136. The summed E-state index contributed by atoms with van der Waals surface area (Å²) in [5, 5.41) is 18.1. The topological polar surface area (TPSA) is 113 Å². The minimum atomic E-state index is -5.04. The predicted molar refractivity (Wildman–Crippen MR) is 117 cm³/mol. The lowest BCUT2D eigenvalue weighted by Gasteiger charge is -2.12. The third-order valence-electron chi connectivity index (χ3n) is 4.96. The highest BCUT2D eigenvalue weighted by atomic mass is 35.5. The molecule has 0 fully saturated rings. The zero-order valence-corrected chi connectivity index (χ0v) is 18.8. The first-order chi connectivity index (χ1) is 17.0. The third-order valence-corrected chi connectivity index (χ3v) is 5.27. The van der Waals surface area contributed by atoms with E-state index in [1.54, 1.807) is 0 Å². The number of nitro groups is 1. The van der Waals surface area contributed by atoms with Gasteiger partial charge in [0.05, 0.1) is 39.6 Å². The van der Waals surface area contributed by atoms with E-state index in [-0.39, 0.29) is 28.6 Å². The molecule has 0 saturated heterocycles. The molecular formula is C22H13ClF4N4O5. The van der Waals surface area contributed by atoms with E-state index in [0.717, 1.165) is 36.5 Å². The first-order valence-corrected chi connectivity index (χ1v) is 10.4. The number of hydrogen-bond donors (Lipinski definition) is 0. The number of alkyl halides is 3. The molecule has 0 aliphatic heterocycles. The Morgan fingerprint density at radius 3 is 2.50 bits per heavy atom. The molecule has 0 atom stereocenters. The van der Waals surface area contributed by atoms with E-state index in [1.807, 2.05) is 0 Å². The summed E-state index contributed by atoms with van der Waals surface area (Å²) in [5.74, 6) is -2.70. The number of carbonyl (C=O) groups is 1. The lowest BCUT2D eigenvalue weighted by molar-refractivity contribution is -0.384. The standard InChI is InChI=1S/C22H13ClF4N4O5/c1-2-35-21(32)17-18(16-14(23)4-3-5-15(16)24)29-36-19(17)13-10-28-30(20(13)22(25,26)27)11-6-8-12(9-7-11)31(33)34/h3-10H,2H2,1H3. The smallest absolute Gasteiger partial charge is 0.434 e. The van der Waals surface area contributed by atoms with Gasteiger partial charge in [-0.2, -0.15) is 18.3 Å². The Hall–Kier alpha value is -4.26. The molecule has 2 heterocycles. The Balaban J connectivity index is 1.97. The van der Waals surface area contributed by atoms with Gasteiger partial charge in [0.1, 0.15) is 17.1 Å². The van der Waals surface area contributed by atoms with Gasteiger partial charge in [-0.3, -0.25) is 10.1 Å². The van der Waals surface area contributed by atoms with Crippen molar-refractivity contribution in [1.29, 1.82) is 0 Å². The molecular weight excluding hydrogens is 512 g/mol. The van der Waals surface area contributed by atoms with Crippen LogP contribution >= 0.6 is 11.6 Å². The van der Waals surface area contributed by atoms with Crippen LogP contribution in [0.2, 0.25) is 5.02 Å². The van der Waals surface area contributed by atoms with Gasteiger partial charge in [0.25, 0.3) is 5.69 Å². The van der Waals surface area contributed by atoms with E-state index in [2.05, 4.69) is 10.3 Å². The second-order valence-corrected chi connectivity index (χ2v) is 7.55. The number of carbonyl (C=O) groups excluding carboxylic acids is 1. The second-order valence-electron chi connectivity index (χ2n) is 7.14. The van der Waals surface area contributed by atoms with Gasteiger partial charge in [0.2, 0.25) is 0 Å². The number of hydrogen-bond acceptors (Lipinski definition) is 7. The SMILES string of the molecule is CCOC(=O)c1c(-c2c(F)cccc2Cl)noc1-c1cnn(-c2ccc([N+](=O)[O-])cc2)c1C(F)(F)F. The van der Waals surface area contributed by atoms with E-state index in [4.69, 9.17) is 20.9 Å². The van der Waals surface area contributed by atoms with Gasteiger partial charge >= 0.3 is 12.1 Å². The molecule has 0 N–H and O–H groups in total. The van der Waals surface area contributed by atoms with Crippen molar-refractivity contribution in [2.75, 3.05) is 6.61 Å². The molecule has 2 aromatic carbocycles. The van der Waals surface area contributed by atoms with Crippen LogP contribution in [-0.4, -0.2) is 32.4 Å². The summed E-state index contributed by atoms with van der Waals surface area (Å²) < 4.78 is 67.9. The Labute approximate surface area is 204 Å². The fourth-order valence-corrected chi connectivity index (χ4v) is 3.71. The number of rotatable bonds is 6. The molecule has 0 aliphatic rings. The predicted octanol–water partition coefficient (Wildman–Crippen LogP) is 6.09. The molecule has 0 radical (unpaired) electrons. The molecule has 4 aromatic rings. The Morgan fingerprint density at radius 2 is 1.92 bits per heavy atom. The maximum Gasteiger partial charge on any atom is 0.434 e. The summed E-state index contributed by atoms with van der Waals surface area (Å²) in [5.41, 5.74) is -3.98. The van der Waals surface area contributed by atoms with Gasteiger partial charge < -0.3 is 9.26 Å². The van der Waals surface area contributed by atoms with Crippen molar-refractivity contribution >= 4 is 23.3 Å². The molecule has 0 bridgehead atoms. The summed E-state index contributed by atoms with van der Waals surface area (Å²) in [7, 11) is 0. The lowest BCUT2D eigenvalue weighted by atomic mass is 10.0. The zero-order valence-electron chi connectivity index (χ0n) is 18.0. The van der Waals surface area contributed by atoms with Crippen molar-refractivity contribution in [2.45, 2.75) is 13.1 Å². The molecule has 0 aliphatic carbocycles. The lowest BCUT2D eigenvalue weighted by Crippen LogP contribution is -2.15. The normalized spacial score (nSPS) is 11.5. The fourth-order valence-electron chi connectivity index (χ4n) is 3.46. The van der Waals surface area contributed by atoms with Gasteiger partial charge in [-0.25, -0.2) is 13.9 Å². The van der Waals surface area contributed by atoms with Crippen LogP contribution in [0, 0.1) is 15.9 Å². The first kappa shape index (κ1) is 24.9. The highest BCUT2D eigenvalue weighted by Crippen LogP contribution is 2.43. The summed E-state index contributed by atoms with van der Waals surface area (Å²) in [6.07, 6.45) is -4.26. The van der Waals surface area contributed by atoms with Crippen LogP contribution in [0.25, 0.3) is 28.3 Å². The van der Waals surface area contributed by atoms with Crippen LogP contribution < -0.4 is 0 Å². The maximum atomic E-state index is 14.6. The Kier molecular flexibility index (Phi) is 6.50. The van der Waals surface area contributed by atoms with Crippen molar-refractivity contribution in [3.05, 3.63) is 80.9 Å². The van der Waals surface area contributed by atoms with E-state index in [0.29, 0.717) is 4.68 Å². The quantitative estimate of drug-likeness (QED) is 0.130. The Morgan fingerprint density at radius 1 is 1.22 bits per heavy atom. The second kappa shape index (κ2) is 9.41. The minimum absolute atomic E-state index is 0.151. The van der Waals surface area contributed by atoms with Crippen molar-refractivity contribution in [1.82, 2.24) is 14.9 Å². The molecule has 0 spiro atoms. The molecule has 186 valence electrons. The summed E-state index contributed by atoms with van der Waals surface area (Å²) in [4.78, 5) is 23.0. The van der Waals surface area contributed by atoms with Crippen LogP contribution in [0.5, 0.6) is 0 Å². The number of esters is 1. The number of nitrogens with zero attached hydrogens (tertiary/aromatic N) is 4. The molecule has 0 saturated carbocycles. The van der Waals surface area contributed by atoms with Crippen molar-refractivity contribution in [3.63, 3.8) is 0 Å². The summed E-state index contributed by atoms with van der Waals surface area (Å²) >= 11 is 6.08. The number of non-ortho nitro benzene ring substituents is 1. The van der Waals surface area contributed by atoms with Crippen molar-refractivity contribution in [2.24, 2.45) is 0 Å². The minimum Gasteiger partial charge on any atom is -0.462 e. The van der Waals surface area contributed by atoms with Crippen LogP contribution in [0.4, 0.5) is 23.2 Å². The van der Waals surface area contributed by atoms with E-state index < -0.39 is 51.2 Å². The molecule has 0 amide bonds.